The van der Waals surface area contributed by atoms with E-state index in [1.165, 1.54) is 16.7 Å². The van der Waals surface area contributed by atoms with Gasteiger partial charge in [-0.25, -0.2) is 0 Å². The molecule has 0 aliphatic heterocycles. The first-order chi connectivity index (χ1) is 9.95. The van der Waals surface area contributed by atoms with E-state index in [1.807, 2.05) is 18.2 Å². The van der Waals surface area contributed by atoms with E-state index in [0.717, 1.165) is 18.4 Å². The summed E-state index contributed by atoms with van der Waals surface area (Å²) >= 11 is 0. The third-order valence-electron chi connectivity index (χ3n) is 4.42. The Morgan fingerprint density at radius 1 is 1.00 bits per heavy atom. The number of rotatable bonds is 2. The average molecular weight is 278 g/mol. The molecule has 0 heterocycles. The van der Waals surface area contributed by atoms with E-state index in [0.29, 0.717) is 5.78 Å². The van der Waals surface area contributed by atoms with E-state index in [2.05, 4.69) is 51.1 Å². The van der Waals surface area contributed by atoms with Gasteiger partial charge in [-0.05, 0) is 34.9 Å². The topological polar surface area (TPSA) is 17.1 Å². The summed E-state index contributed by atoms with van der Waals surface area (Å²) < 4.78 is 0. The molecule has 2 aromatic carbocycles. The summed E-state index contributed by atoms with van der Waals surface area (Å²) in [6.07, 6.45) is 1.73. The Balaban J connectivity index is 1.76. The highest BCUT2D eigenvalue weighted by Crippen LogP contribution is 2.29. The fourth-order valence-corrected chi connectivity index (χ4v) is 3.11. The zero-order valence-electron chi connectivity index (χ0n) is 13.0. The second kappa shape index (κ2) is 5.14. The average Bonchev–Trinajstić information content (AvgIpc) is 2.76. The lowest BCUT2D eigenvalue weighted by Crippen LogP contribution is -2.13. The minimum Gasteiger partial charge on any atom is -0.294 e. The maximum Gasteiger partial charge on any atom is 0.166 e. The highest BCUT2D eigenvalue weighted by atomic mass is 16.1. The third kappa shape index (κ3) is 2.78. The van der Waals surface area contributed by atoms with Crippen molar-refractivity contribution in [2.24, 2.45) is 5.92 Å². The molecule has 21 heavy (non-hydrogen) atoms. The van der Waals surface area contributed by atoms with Crippen LogP contribution >= 0.6 is 0 Å². The Hall–Kier alpha value is -1.89. The van der Waals surface area contributed by atoms with Crippen molar-refractivity contribution in [3.63, 3.8) is 0 Å². The lowest BCUT2D eigenvalue weighted by Gasteiger charge is -2.19. The first kappa shape index (κ1) is 14.1. The lowest BCUT2D eigenvalue weighted by atomic mass is 9.86. The monoisotopic (exact) mass is 278 g/mol. The largest absolute Gasteiger partial charge is 0.294 e. The van der Waals surface area contributed by atoms with Gasteiger partial charge in [0.15, 0.2) is 5.78 Å². The van der Waals surface area contributed by atoms with Crippen LogP contribution in [0.25, 0.3) is 0 Å². The number of fused-ring (bicyclic) bond motifs is 1. The molecule has 0 fully saturated rings. The van der Waals surface area contributed by atoms with Crippen LogP contribution in [-0.4, -0.2) is 5.78 Å². The quantitative estimate of drug-likeness (QED) is 0.785. The SMILES string of the molecule is CC(C)(C)c1ccc(CC2Cc3ccccc3C2=O)cc1. The van der Waals surface area contributed by atoms with Gasteiger partial charge in [-0.2, -0.15) is 0 Å². The third-order valence-corrected chi connectivity index (χ3v) is 4.42. The van der Waals surface area contributed by atoms with Crippen molar-refractivity contribution < 1.29 is 4.79 Å². The van der Waals surface area contributed by atoms with Gasteiger partial charge in [0.05, 0.1) is 0 Å². The molecule has 3 rings (SSSR count). The van der Waals surface area contributed by atoms with Crippen LogP contribution in [0.2, 0.25) is 0 Å². The number of carbonyl (C=O) groups excluding carboxylic acids is 1. The van der Waals surface area contributed by atoms with Crippen molar-refractivity contribution in [2.75, 3.05) is 0 Å². The highest BCUT2D eigenvalue weighted by Gasteiger charge is 2.29. The van der Waals surface area contributed by atoms with E-state index in [4.69, 9.17) is 0 Å². The molecule has 1 atom stereocenters. The molecule has 0 radical (unpaired) electrons. The smallest absolute Gasteiger partial charge is 0.166 e. The van der Waals surface area contributed by atoms with Crippen molar-refractivity contribution in [2.45, 2.75) is 39.0 Å². The number of benzene rings is 2. The van der Waals surface area contributed by atoms with E-state index in [1.54, 1.807) is 0 Å². The normalized spacial score (nSPS) is 17.9. The van der Waals surface area contributed by atoms with Crippen LogP contribution < -0.4 is 0 Å². The van der Waals surface area contributed by atoms with Crippen molar-refractivity contribution in [1.82, 2.24) is 0 Å². The molecule has 0 saturated heterocycles. The zero-order chi connectivity index (χ0) is 15.0. The molecule has 0 N–H and O–H groups in total. The summed E-state index contributed by atoms with van der Waals surface area (Å²) in [6, 6.07) is 16.8. The summed E-state index contributed by atoms with van der Waals surface area (Å²) in [7, 11) is 0. The van der Waals surface area contributed by atoms with Gasteiger partial charge in [-0.15, -0.1) is 0 Å². The van der Waals surface area contributed by atoms with Crippen LogP contribution in [0.15, 0.2) is 48.5 Å². The minimum absolute atomic E-state index is 0.114. The molecule has 1 nitrogen and oxygen atoms in total. The summed E-state index contributed by atoms with van der Waals surface area (Å²) in [5, 5.41) is 0. The van der Waals surface area contributed by atoms with Crippen LogP contribution in [0.5, 0.6) is 0 Å². The molecule has 1 heteroatoms. The molecule has 108 valence electrons. The van der Waals surface area contributed by atoms with Crippen molar-refractivity contribution in [3.05, 3.63) is 70.8 Å². The van der Waals surface area contributed by atoms with Gasteiger partial charge in [0.1, 0.15) is 0 Å². The molecule has 1 aliphatic rings. The van der Waals surface area contributed by atoms with Gasteiger partial charge in [-0.3, -0.25) is 4.79 Å². The first-order valence-electron chi connectivity index (χ1n) is 7.67. The van der Waals surface area contributed by atoms with Gasteiger partial charge >= 0.3 is 0 Å². The van der Waals surface area contributed by atoms with Gasteiger partial charge in [0.25, 0.3) is 0 Å². The first-order valence-corrected chi connectivity index (χ1v) is 7.67. The number of ketones is 1. The van der Waals surface area contributed by atoms with E-state index < -0.39 is 0 Å². The standard InChI is InChI=1S/C20H22O/c1-20(2,3)17-10-8-14(9-11-17)12-16-13-15-6-4-5-7-18(15)19(16)21/h4-11,16H,12-13H2,1-3H3. The van der Waals surface area contributed by atoms with Crippen LogP contribution in [0.3, 0.4) is 0 Å². The molecule has 1 unspecified atom stereocenters. The van der Waals surface area contributed by atoms with Crippen molar-refractivity contribution in [1.29, 1.82) is 0 Å². The molecule has 0 aromatic heterocycles. The van der Waals surface area contributed by atoms with Gasteiger partial charge in [0.2, 0.25) is 0 Å². The van der Waals surface area contributed by atoms with Crippen molar-refractivity contribution in [3.8, 4) is 0 Å². The predicted octanol–water partition coefficient (Wildman–Crippen LogP) is 4.58. The van der Waals surface area contributed by atoms with Crippen LogP contribution in [0, 0.1) is 5.92 Å². The number of carbonyl (C=O) groups is 1. The fraction of sp³-hybridized carbons (Fsp3) is 0.350. The summed E-state index contributed by atoms with van der Waals surface area (Å²) in [5.74, 6) is 0.424. The van der Waals surface area contributed by atoms with Crippen molar-refractivity contribution >= 4 is 5.78 Å². The Bertz CT molecular complexity index is 659. The van der Waals surface area contributed by atoms with Crippen LogP contribution in [-0.2, 0) is 18.3 Å². The Kier molecular flexibility index (Phi) is 3.44. The van der Waals surface area contributed by atoms with E-state index in [-0.39, 0.29) is 11.3 Å². The van der Waals surface area contributed by atoms with E-state index >= 15 is 0 Å². The minimum atomic E-state index is 0.114. The number of hydrogen-bond donors (Lipinski definition) is 0. The molecule has 0 bridgehead atoms. The van der Waals surface area contributed by atoms with Gasteiger partial charge < -0.3 is 0 Å². The molecule has 1 aliphatic carbocycles. The fourth-order valence-electron chi connectivity index (χ4n) is 3.11. The lowest BCUT2D eigenvalue weighted by molar-refractivity contribution is 0.0936. The van der Waals surface area contributed by atoms with Crippen LogP contribution in [0.4, 0.5) is 0 Å². The maximum absolute atomic E-state index is 12.4. The van der Waals surface area contributed by atoms with Crippen LogP contribution in [0.1, 0.15) is 47.8 Å². The Morgan fingerprint density at radius 3 is 2.29 bits per heavy atom. The summed E-state index contributed by atoms with van der Waals surface area (Å²) in [4.78, 5) is 12.4. The molecule has 0 saturated carbocycles. The summed E-state index contributed by atoms with van der Waals surface area (Å²) in [5.41, 5.74) is 4.91. The second-order valence-corrected chi connectivity index (χ2v) is 7.07. The predicted molar refractivity (Wildman–Crippen MR) is 86.8 cm³/mol. The number of Topliss-reactive ketones (excluding diaryl/α,β-unsaturated/α-hetero) is 1. The van der Waals surface area contributed by atoms with E-state index in [9.17, 15) is 4.79 Å². The number of hydrogen-bond acceptors (Lipinski definition) is 1. The Morgan fingerprint density at radius 2 is 1.67 bits per heavy atom. The molecule has 2 aromatic rings. The Labute approximate surface area is 127 Å². The zero-order valence-corrected chi connectivity index (χ0v) is 13.0. The molecule has 0 spiro atoms. The maximum atomic E-state index is 12.4. The molecular weight excluding hydrogens is 256 g/mol. The van der Waals surface area contributed by atoms with Gasteiger partial charge in [-0.1, -0.05) is 69.3 Å². The highest BCUT2D eigenvalue weighted by molar-refractivity contribution is 6.02. The molecular formula is C20H22O. The second-order valence-electron chi connectivity index (χ2n) is 7.07. The summed E-state index contributed by atoms with van der Waals surface area (Å²) in [6.45, 7) is 6.66. The molecule has 0 amide bonds. The van der Waals surface area contributed by atoms with Gasteiger partial charge in [0, 0.05) is 11.5 Å².